The number of hydrogen-bond donors (Lipinski definition) is 1. The first-order chi connectivity index (χ1) is 14.6. The fraction of sp³-hybridized carbons (Fsp3) is 0.524. The van der Waals surface area contributed by atoms with E-state index in [1.807, 2.05) is 10.9 Å². The van der Waals surface area contributed by atoms with E-state index >= 15 is 0 Å². The second kappa shape index (κ2) is 8.83. The van der Waals surface area contributed by atoms with Crippen molar-refractivity contribution in [1.29, 1.82) is 0 Å². The fourth-order valence-corrected chi connectivity index (χ4v) is 3.91. The van der Waals surface area contributed by atoms with Gasteiger partial charge in [0, 0.05) is 56.7 Å². The number of carbonyl (C=O) groups excluding carboxylic acids is 1. The van der Waals surface area contributed by atoms with Crippen LogP contribution in [0.5, 0.6) is 0 Å². The summed E-state index contributed by atoms with van der Waals surface area (Å²) in [6, 6.07) is 1.89. The topological polar surface area (TPSA) is 98.3 Å². The van der Waals surface area contributed by atoms with E-state index < -0.39 is 0 Å². The van der Waals surface area contributed by atoms with Gasteiger partial charge in [-0.05, 0) is 26.2 Å². The number of nitrogens with zero attached hydrogens (tertiary/aromatic N) is 5. The zero-order valence-electron chi connectivity index (χ0n) is 17.7. The highest BCUT2D eigenvalue weighted by molar-refractivity contribution is 5.94. The van der Waals surface area contributed by atoms with E-state index in [9.17, 15) is 4.79 Å². The summed E-state index contributed by atoms with van der Waals surface area (Å²) < 4.78 is 12.3. The number of amides is 1. The number of ether oxygens (including phenoxy) is 1. The zero-order chi connectivity index (χ0) is 21.1. The van der Waals surface area contributed by atoms with Gasteiger partial charge in [-0.3, -0.25) is 4.79 Å². The Labute approximate surface area is 175 Å². The summed E-state index contributed by atoms with van der Waals surface area (Å²) in [4.78, 5) is 19.3. The quantitative estimate of drug-likeness (QED) is 0.637. The van der Waals surface area contributed by atoms with Crippen LogP contribution < -0.4 is 5.32 Å². The molecule has 0 aromatic carbocycles. The molecule has 9 nitrogen and oxygen atoms in total. The third-order valence-electron chi connectivity index (χ3n) is 5.58. The Hall–Kier alpha value is -2.94. The average molecular weight is 412 g/mol. The van der Waals surface area contributed by atoms with Gasteiger partial charge < -0.3 is 19.5 Å². The first-order valence-electron chi connectivity index (χ1n) is 10.5. The molecule has 1 fully saturated rings. The molecule has 1 saturated heterocycles. The van der Waals surface area contributed by atoms with Gasteiger partial charge in [0.2, 0.25) is 0 Å². The Balaban J connectivity index is 1.75. The van der Waals surface area contributed by atoms with Crippen LogP contribution in [0.15, 0.2) is 23.0 Å². The second-order valence-electron chi connectivity index (χ2n) is 7.54. The molecule has 1 aliphatic rings. The minimum atomic E-state index is -0.188. The third-order valence-corrected chi connectivity index (χ3v) is 5.58. The molecule has 0 unspecified atom stereocenters. The molecule has 1 amide bonds. The normalized spacial score (nSPS) is 14.9. The molecule has 3 aromatic heterocycles. The van der Waals surface area contributed by atoms with Crippen LogP contribution >= 0.6 is 0 Å². The molecular weight excluding hydrogens is 384 g/mol. The van der Waals surface area contributed by atoms with Crippen LogP contribution in [0.4, 0.5) is 5.69 Å². The van der Waals surface area contributed by atoms with Gasteiger partial charge in [-0.1, -0.05) is 12.1 Å². The second-order valence-corrected chi connectivity index (χ2v) is 7.54. The van der Waals surface area contributed by atoms with Crippen molar-refractivity contribution >= 4 is 22.6 Å². The summed E-state index contributed by atoms with van der Waals surface area (Å²) in [6.07, 6.45) is 5.93. The van der Waals surface area contributed by atoms with Gasteiger partial charge >= 0.3 is 0 Å². The summed E-state index contributed by atoms with van der Waals surface area (Å²) in [5.74, 6) is -0.188. The maximum absolute atomic E-state index is 12.8. The molecule has 3 aromatic rings. The van der Waals surface area contributed by atoms with Crippen LogP contribution in [0.2, 0.25) is 0 Å². The van der Waals surface area contributed by atoms with E-state index in [1.165, 1.54) is 6.26 Å². The minimum Gasteiger partial charge on any atom is -0.381 e. The van der Waals surface area contributed by atoms with Crippen molar-refractivity contribution in [3.05, 3.63) is 35.5 Å². The molecule has 0 atom stereocenters. The Morgan fingerprint density at radius 1 is 1.33 bits per heavy atom. The van der Waals surface area contributed by atoms with Gasteiger partial charge in [0.05, 0.1) is 17.3 Å². The standard InChI is InChI=1S/C21H28N6O3/c1-4-17-16(13-26(3)21(28)18-8-11-30-25-18)19(23-14-6-9-29-10-7-14)15-12-22-27(5-2)20(15)24-17/h8,11-12,14H,4-7,9-10,13H2,1-3H3,(H,23,24). The van der Waals surface area contributed by atoms with Gasteiger partial charge in [-0.2, -0.15) is 5.10 Å². The molecule has 0 bridgehead atoms. The lowest BCUT2D eigenvalue weighted by molar-refractivity contribution is 0.0774. The molecule has 4 heterocycles. The molecule has 1 N–H and O–H groups in total. The Kier molecular flexibility index (Phi) is 5.98. The number of pyridine rings is 1. The van der Waals surface area contributed by atoms with E-state index in [4.69, 9.17) is 14.2 Å². The number of anilines is 1. The Morgan fingerprint density at radius 2 is 2.13 bits per heavy atom. The monoisotopic (exact) mass is 412 g/mol. The molecule has 160 valence electrons. The average Bonchev–Trinajstić information content (AvgIpc) is 3.45. The lowest BCUT2D eigenvalue weighted by Gasteiger charge is -2.27. The molecular formula is C21H28N6O3. The van der Waals surface area contributed by atoms with Crippen molar-refractivity contribution in [3.8, 4) is 0 Å². The Morgan fingerprint density at radius 3 is 2.80 bits per heavy atom. The fourth-order valence-electron chi connectivity index (χ4n) is 3.91. The van der Waals surface area contributed by atoms with E-state index in [0.717, 1.165) is 67.0 Å². The maximum atomic E-state index is 12.8. The largest absolute Gasteiger partial charge is 0.381 e. The van der Waals surface area contributed by atoms with E-state index in [-0.39, 0.29) is 5.91 Å². The van der Waals surface area contributed by atoms with Crippen molar-refractivity contribution in [1.82, 2.24) is 24.8 Å². The molecule has 0 saturated carbocycles. The van der Waals surface area contributed by atoms with Crippen LogP contribution in [0.25, 0.3) is 11.0 Å². The van der Waals surface area contributed by atoms with Crippen LogP contribution in [0, 0.1) is 0 Å². The van der Waals surface area contributed by atoms with E-state index in [0.29, 0.717) is 18.3 Å². The number of carbonyl (C=O) groups is 1. The number of hydrogen-bond acceptors (Lipinski definition) is 7. The smallest absolute Gasteiger partial charge is 0.276 e. The van der Waals surface area contributed by atoms with Crippen LogP contribution in [0.1, 0.15) is 48.4 Å². The van der Waals surface area contributed by atoms with Crippen molar-refractivity contribution in [3.63, 3.8) is 0 Å². The molecule has 0 aliphatic carbocycles. The van der Waals surface area contributed by atoms with E-state index in [1.54, 1.807) is 18.0 Å². The highest BCUT2D eigenvalue weighted by Crippen LogP contribution is 2.32. The predicted octanol–water partition coefficient (Wildman–Crippen LogP) is 2.86. The molecule has 30 heavy (non-hydrogen) atoms. The number of aromatic nitrogens is 4. The van der Waals surface area contributed by atoms with Crippen molar-refractivity contribution in [2.45, 2.75) is 52.2 Å². The highest BCUT2D eigenvalue weighted by Gasteiger charge is 2.24. The first kappa shape index (κ1) is 20.3. The first-order valence-corrected chi connectivity index (χ1v) is 10.5. The number of fused-ring (bicyclic) bond motifs is 1. The summed E-state index contributed by atoms with van der Waals surface area (Å²) in [6.45, 7) is 6.81. The number of rotatable bonds is 7. The predicted molar refractivity (Wildman–Crippen MR) is 112 cm³/mol. The van der Waals surface area contributed by atoms with Gasteiger partial charge in [0.15, 0.2) is 11.3 Å². The lowest BCUT2D eigenvalue weighted by Crippen LogP contribution is -2.31. The SMILES string of the molecule is CCc1nc2c(cnn2CC)c(NC2CCOCC2)c1CN(C)C(=O)c1ccon1. The summed E-state index contributed by atoms with van der Waals surface area (Å²) in [5.41, 5.74) is 4.17. The summed E-state index contributed by atoms with van der Waals surface area (Å²) >= 11 is 0. The number of aryl methyl sites for hydroxylation is 2. The lowest BCUT2D eigenvalue weighted by atomic mass is 10.0. The zero-order valence-corrected chi connectivity index (χ0v) is 17.7. The molecule has 9 heteroatoms. The summed E-state index contributed by atoms with van der Waals surface area (Å²) in [7, 11) is 1.77. The van der Waals surface area contributed by atoms with Gasteiger partial charge in [-0.15, -0.1) is 0 Å². The minimum absolute atomic E-state index is 0.188. The van der Waals surface area contributed by atoms with Crippen LogP contribution in [-0.2, 0) is 24.2 Å². The Bertz CT molecular complexity index is 1010. The van der Waals surface area contributed by atoms with Crippen molar-refractivity contribution < 1.29 is 14.1 Å². The van der Waals surface area contributed by atoms with E-state index in [2.05, 4.69) is 29.4 Å². The molecule has 0 spiro atoms. The number of nitrogens with one attached hydrogen (secondary N) is 1. The van der Waals surface area contributed by atoms with Gasteiger partial charge in [0.1, 0.15) is 6.26 Å². The molecule has 4 rings (SSSR count). The van der Waals surface area contributed by atoms with Crippen molar-refractivity contribution in [2.24, 2.45) is 0 Å². The summed E-state index contributed by atoms with van der Waals surface area (Å²) in [5, 5.41) is 13.0. The van der Waals surface area contributed by atoms with Crippen molar-refractivity contribution in [2.75, 3.05) is 25.6 Å². The van der Waals surface area contributed by atoms with Crippen LogP contribution in [-0.4, -0.2) is 57.0 Å². The van der Waals surface area contributed by atoms with Gasteiger partial charge in [-0.25, -0.2) is 9.67 Å². The van der Waals surface area contributed by atoms with Gasteiger partial charge in [0.25, 0.3) is 5.91 Å². The maximum Gasteiger partial charge on any atom is 0.276 e. The third kappa shape index (κ3) is 3.89. The molecule has 0 radical (unpaired) electrons. The highest BCUT2D eigenvalue weighted by atomic mass is 16.5. The van der Waals surface area contributed by atoms with Crippen LogP contribution in [0.3, 0.4) is 0 Å². The molecule has 1 aliphatic heterocycles.